The van der Waals surface area contributed by atoms with E-state index < -0.39 is 0 Å². The maximum absolute atomic E-state index is 11.3. The van der Waals surface area contributed by atoms with Crippen molar-refractivity contribution in [3.63, 3.8) is 0 Å². The van der Waals surface area contributed by atoms with Crippen molar-refractivity contribution in [3.05, 3.63) is 23.9 Å². The van der Waals surface area contributed by atoms with Gasteiger partial charge in [0, 0.05) is 19.2 Å². The highest BCUT2D eigenvalue weighted by Crippen LogP contribution is 2.01. The van der Waals surface area contributed by atoms with Crippen LogP contribution in [0.15, 0.2) is 18.3 Å². The highest BCUT2D eigenvalue weighted by molar-refractivity contribution is 5.75. The molecule has 0 saturated heterocycles. The number of nitrogen functional groups attached to an aromatic ring is 1. The first-order valence-electron chi connectivity index (χ1n) is 5.19. The zero-order valence-corrected chi connectivity index (χ0v) is 8.99. The molecular weight excluding hydrogens is 190 g/mol. The van der Waals surface area contributed by atoms with Gasteiger partial charge in [0.2, 0.25) is 5.91 Å². The maximum Gasteiger partial charge on any atom is 0.220 e. The van der Waals surface area contributed by atoms with Gasteiger partial charge in [0.05, 0.1) is 0 Å². The van der Waals surface area contributed by atoms with Gasteiger partial charge in [0.15, 0.2) is 0 Å². The van der Waals surface area contributed by atoms with E-state index in [-0.39, 0.29) is 5.91 Å². The monoisotopic (exact) mass is 207 g/mol. The summed E-state index contributed by atoms with van der Waals surface area (Å²) in [6, 6.07) is 3.59. The molecule has 0 atom stereocenters. The largest absolute Gasteiger partial charge is 0.384 e. The number of nitrogens with one attached hydrogen (secondary N) is 1. The summed E-state index contributed by atoms with van der Waals surface area (Å²) in [4.78, 5) is 15.2. The SMILES string of the molecule is CCCCC(=O)NCc1ccc(N)nc1. The number of carbonyl (C=O) groups excluding carboxylic acids is 1. The van der Waals surface area contributed by atoms with Gasteiger partial charge in [-0.25, -0.2) is 4.98 Å². The van der Waals surface area contributed by atoms with Crippen LogP contribution < -0.4 is 11.1 Å². The molecule has 1 aromatic heterocycles. The number of nitrogens with zero attached hydrogens (tertiary/aromatic N) is 1. The van der Waals surface area contributed by atoms with Crippen LogP contribution in [-0.2, 0) is 11.3 Å². The number of unbranched alkanes of at least 4 members (excludes halogenated alkanes) is 1. The summed E-state index contributed by atoms with van der Waals surface area (Å²) in [6.45, 7) is 2.59. The van der Waals surface area contributed by atoms with Gasteiger partial charge in [-0.15, -0.1) is 0 Å². The van der Waals surface area contributed by atoms with E-state index in [9.17, 15) is 4.79 Å². The lowest BCUT2D eigenvalue weighted by Gasteiger charge is -2.04. The molecular formula is C11H17N3O. The average Bonchev–Trinajstić information content (AvgIpc) is 2.25. The number of pyridine rings is 1. The fraction of sp³-hybridized carbons (Fsp3) is 0.455. The van der Waals surface area contributed by atoms with Gasteiger partial charge in [-0.2, -0.15) is 0 Å². The molecule has 0 spiro atoms. The zero-order chi connectivity index (χ0) is 11.1. The van der Waals surface area contributed by atoms with Gasteiger partial charge in [-0.1, -0.05) is 19.4 Å². The molecule has 3 N–H and O–H groups in total. The molecule has 1 heterocycles. The fourth-order valence-corrected chi connectivity index (χ4v) is 1.17. The Morgan fingerprint density at radius 3 is 2.93 bits per heavy atom. The third-order valence-corrected chi connectivity index (χ3v) is 2.09. The number of nitrogens with two attached hydrogens (primary N) is 1. The van der Waals surface area contributed by atoms with Crippen LogP contribution in [0.2, 0.25) is 0 Å². The normalized spacial score (nSPS) is 9.93. The summed E-state index contributed by atoms with van der Waals surface area (Å²) in [5.41, 5.74) is 6.42. The van der Waals surface area contributed by atoms with E-state index in [1.165, 1.54) is 0 Å². The molecule has 1 aromatic rings. The summed E-state index contributed by atoms with van der Waals surface area (Å²) in [5.74, 6) is 0.588. The van der Waals surface area contributed by atoms with Crippen molar-refractivity contribution >= 4 is 11.7 Å². The van der Waals surface area contributed by atoms with Gasteiger partial charge in [0.25, 0.3) is 0 Å². The van der Waals surface area contributed by atoms with Crippen LogP contribution in [0.3, 0.4) is 0 Å². The predicted octanol–water partition coefficient (Wildman–Crippen LogP) is 1.47. The molecule has 1 rings (SSSR count). The minimum atomic E-state index is 0.0914. The van der Waals surface area contributed by atoms with Crippen molar-refractivity contribution in [3.8, 4) is 0 Å². The van der Waals surface area contributed by atoms with Crippen molar-refractivity contribution in [2.45, 2.75) is 32.7 Å². The first kappa shape index (κ1) is 11.5. The van der Waals surface area contributed by atoms with Crippen LogP contribution in [-0.4, -0.2) is 10.9 Å². The van der Waals surface area contributed by atoms with E-state index in [1.807, 2.05) is 6.07 Å². The number of anilines is 1. The number of rotatable bonds is 5. The van der Waals surface area contributed by atoms with Crippen LogP contribution >= 0.6 is 0 Å². The van der Waals surface area contributed by atoms with Crippen molar-refractivity contribution in [2.24, 2.45) is 0 Å². The molecule has 0 aromatic carbocycles. The molecule has 0 aliphatic carbocycles. The van der Waals surface area contributed by atoms with Crippen LogP contribution in [0.5, 0.6) is 0 Å². The number of carbonyl (C=O) groups is 1. The van der Waals surface area contributed by atoms with E-state index in [2.05, 4.69) is 17.2 Å². The quantitative estimate of drug-likeness (QED) is 0.768. The lowest BCUT2D eigenvalue weighted by molar-refractivity contribution is -0.121. The molecule has 0 radical (unpaired) electrons. The van der Waals surface area contributed by atoms with Crippen LogP contribution in [0, 0.1) is 0 Å². The molecule has 0 aliphatic rings. The van der Waals surface area contributed by atoms with Crippen molar-refractivity contribution in [1.29, 1.82) is 0 Å². The lowest BCUT2D eigenvalue weighted by atomic mass is 10.2. The Labute approximate surface area is 89.9 Å². The predicted molar refractivity (Wildman–Crippen MR) is 60.0 cm³/mol. The van der Waals surface area contributed by atoms with E-state index in [4.69, 9.17) is 5.73 Å². The van der Waals surface area contributed by atoms with Gasteiger partial charge < -0.3 is 11.1 Å². The summed E-state index contributed by atoms with van der Waals surface area (Å²) in [7, 11) is 0. The molecule has 0 saturated carbocycles. The third kappa shape index (κ3) is 4.44. The Morgan fingerprint density at radius 2 is 2.33 bits per heavy atom. The second-order valence-electron chi connectivity index (χ2n) is 3.47. The number of aromatic nitrogens is 1. The molecule has 0 aliphatic heterocycles. The highest BCUT2D eigenvalue weighted by atomic mass is 16.1. The van der Waals surface area contributed by atoms with Gasteiger partial charge in [-0.05, 0) is 18.1 Å². The Hall–Kier alpha value is -1.58. The van der Waals surface area contributed by atoms with Crippen molar-refractivity contribution in [2.75, 3.05) is 5.73 Å². The van der Waals surface area contributed by atoms with E-state index in [1.54, 1.807) is 12.3 Å². The smallest absolute Gasteiger partial charge is 0.220 e. The summed E-state index contributed by atoms with van der Waals surface area (Å²) in [5, 5.41) is 2.83. The number of hydrogen-bond donors (Lipinski definition) is 2. The Kier molecular flexibility index (Phi) is 4.60. The second kappa shape index (κ2) is 6.01. The topological polar surface area (TPSA) is 68.0 Å². The summed E-state index contributed by atoms with van der Waals surface area (Å²) >= 11 is 0. The summed E-state index contributed by atoms with van der Waals surface area (Å²) in [6.07, 6.45) is 4.25. The van der Waals surface area contributed by atoms with Crippen molar-refractivity contribution in [1.82, 2.24) is 10.3 Å². The third-order valence-electron chi connectivity index (χ3n) is 2.09. The minimum absolute atomic E-state index is 0.0914. The first-order valence-corrected chi connectivity index (χ1v) is 5.19. The molecule has 0 bridgehead atoms. The number of amides is 1. The van der Waals surface area contributed by atoms with Crippen LogP contribution in [0.25, 0.3) is 0 Å². The number of hydrogen-bond acceptors (Lipinski definition) is 3. The minimum Gasteiger partial charge on any atom is -0.384 e. The molecule has 82 valence electrons. The molecule has 15 heavy (non-hydrogen) atoms. The zero-order valence-electron chi connectivity index (χ0n) is 8.99. The van der Waals surface area contributed by atoms with E-state index >= 15 is 0 Å². The Morgan fingerprint density at radius 1 is 1.53 bits per heavy atom. The van der Waals surface area contributed by atoms with Crippen LogP contribution in [0.4, 0.5) is 5.82 Å². The summed E-state index contributed by atoms with van der Waals surface area (Å²) < 4.78 is 0. The Balaban J connectivity index is 2.30. The maximum atomic E-state index is 11.3. The van der Waals surface area contributed by atoms with Crippen molar-refractivity contribution < 1.29 is 4.79 Å². The lowest BCUT2D eigenvalue weighted by Crippen LogP contribution is -2.22. The van der Waals surface area contributed by atoms with E-state index in [0.29, 0.717) is 18.8 Å². The molecule has 1 amide bonds. The van der Waals surface area contributed by atoms with Crippen LogP contribution in [0.1, 0.15) is 31.7 Å². The molecule has 0 fully saturated rings. The van der Waals surface area contributed by atoms with Gasteiger partial charge >= 0.3 is 0 Å². The first-order chi connectivity index (χ1) is 7.22. The molecule has 4 nitrogen and oxygen atoms in total. The fourth-order valence-electron chi connectivity index (χ4n) is 1.17. The molecule has 0 unspecified atom stereocenters. The Bertz CT molecular complexity index is 308. The highest BCUT2D eigenvalue weighted by Gasteiger charge is 2.00. The van der Waals surface area contributed by atoms with Gasteiger partial charge in [-0.3, -0.25) is 4.79 Å². The second-order valence-corrected chi connectivity index (χ2v) is 3.47. The van der Waals surface area contributed by atoms with Gasteiger partial charge in [0.1, 0.15) is 5.82 Å². The standard InChI is InChI=1S/C11H17N3O/c1-2-3-4-11(15)14-8-9-5-6-10(12)13-7-9/h5-7H,2-4,8H2,1H3,(H2,12,13)(H,14,15). The molecule has 4 heteroatoms. The average molecular weight is 207 g/mol. The van der Waals surface area contributed by atoms with E-state index in [0.717, 1.165) is 18.4 Å².